The van der Waals surface area contributed by atoms with Gasteiger partial charge in [-0.15, -0.1) is 11.3 Å². The largest absolute Gasteiger partial charge is 0.400 e. The molecule has 1 fully saturated rings. The van der Waals surface area contributed by atoms with E-state index in [4.69, 9.17) is 16.3 Å². The number of amides is 1. The maximum atomic E-state index is 12.2. The van der Waals surface area contributed by atoms with Crippen LogP contribution in [-0.4, -0.2) is 64.6 Å². The number of nitrogens with one attached hydrogen (secondary N) is 1. The van der Waals surface area contributed by atoms with E-state index >= 15 is 0 Å². The molecule has 35 heavy (non-hydrogen) atoms. The zero-order valence-electron chi connectivity index (χ0n) is 20.9. The van der Waals surface area contributed by atoms with Crippen molar-refractivity contribution in [2.75, 3.05) is 32.8 Å². The van der Waals surface area contributed by atoms with Crippen LogP contribution >= 0.6 is 11.3 Å². The average molecular weight is 500 g/mol. The molecular weight excluding hydrogens is 462 g/mol. The molecule has 2 aromatic heterocycles. The van der Waals surface area contributed by atoms with E-state index in [1.54, 1.807) is 12.4 Å². The SMILES string of the molecule is CCc1cc2c(s1)CCO[C@@]21CCN(C/C(N)=C/N(N)CCNC(=O)c2cnc(C)cn2)[C@@H](C)C1. The van der Waals surface area contributed by atoms with Gasteiger partial charge in [0.1, 0.15) is 5.69 Å². The summed E-state index contributed by atoms with van der Waals surface area (Å²) in [6, 6.07) is 2.72. The second-order valence-electron chi connectivity index (χ2n) is 9.51. The molecule has 4 heterocycles. The Labute approximate surface area is 211 Å². The molecule has 2 aliphatic rings. The summed E-state index contributed by atoms with van der Waals surface area (Å²) in [5.41, 5.74) is 9.34. The minimum Gasteiger partial charge on any atom is -0.400 e. The summed E-state index contributed by atoms with van der Waals surface area (Å²) in [6.45, 7) is 9.47. The van der Waals surface area contributed by atoms with Crippen molar-refractivity contribution < 1.29 is 9.53 Å². The normalized spacial score (nSPS) is 22.7. The van der Waals surface area contributed by atoms with Gasteiger partial charge in [0.05, 0.1) is 30.6 Å². The molecule has 9 nitrogen and oxygen atoms in total. The summed E-state index contributed by atoms with van der Waals surface area (Å²) in [7, 11) is 0. The highest BCUT2D eigenvalue weighted by molar-refractivity contribution is 7.12. The summed E-state index contributed by atoms with van der Waals surface area (Å²) >= 11 is 1.95. The first-order valence-corrected chi connectivity index (χ1v) is 13.2. The van der Waals surface area contributed by atoms with Gasteiger partial charge >= 0.3 is 0 Å². The number of ether oxygens (including phenoxy) is 1. The Morgan fingerprint density at radius 1 is 1.43 bits per heavy atom. The molecule has 4 rings (SSSR count). The van der Waals surface area contributed by atoms with E-state index in [0.717, 1.165) is 44.5 Å². The molecule has 0 saturated carbocycles. The van der Waals surface area contributed by atoms with Crippen molar-refractivity contribution in [1.82, 2.24) is 25.2 Å². The van der Waals surface area contributed by atoms with Crippen LogP contribution < -0.4 is 16.9 Å². The maximum absolute atomic E-state index is 12.2. The monoisotopic (exact) mass is 499 g/mol. The Morgan fingerprint density at radius 3 is 2.97 bits per heavy atom. The number of nitrogens with two attached hydrogens (primary N) is 2. The van der Waals surface area contributed by atoms with Gasteiger partial charge in [-0.1, -0.05) is 6.92 Å². The number of aromatic nitrogens is 2. The van der Waals surface area contributed by atoms with Crippen molar-refractivity contribution in [3.8, 4) is 0 Å². The second-order valence-corrected chi connectivity index (χ2v) is 10.7. The van der Waals surface area contributed by atoms with Crippen molar-refractivity contribution in [2.45, 2.75) is 58.1 Å². The lowest BCUT2D eigenvalue weighted by Gasteiger charge is -2.47. The zero-order chi connectivity index (χ0) is 25.0. The van der Waals surface area contributed by atoms with Crippen LogP contribution in [0, 0.1) is 6.92 Å². The number of fused-ring (bicyclic) bond motifs is 2. The van der Waals surface area contributed by atoms with Gasteiger partial charge in [-0.05, 0) is 44.7 Å². The minimum atomic E-state index is -0.274. The van der Waals surface area contributed by atoms with Gasteiger partial charge in [0.15, 0.2) is 0 Å². The van der Waals surface area contributed by atoms with Crippen molar-refractivity contribution >= 4 is 17.2 Å². The number of aryl methyl sites for hydroxylation is 2. The lowest BCUT2D eigenvalue weighted by molar-refractivity contribution is -0.109. The number of carbonyl (C=O) groups is 1. The number of piperidine rings is 1. The molecule has 5 N–H and O–H groups in total. The van der Waals surface area contributed by atoms with E-state index in [0.29, 0.717) is 31.4 Å². The predicted octanol–water partition coefficient (Wildman–Crippen LogP) is 2.07. The smallest absolute Gasteiger partial charge is 0.271 e. The van der Waals surface area contributed by atoms with Crippen LogP contribution in [0.1, 0.15) is 58.2 Å². The van der Waals surface area contributed by atoms with Crippen LogP contribution in [0.5, 0.6) is 0 Å². The molecule has 1 amide bonds. The highest BCUT2D eigenvalue weighted by atomic mass is 32.1. The third kappa shape index (κ3) is 6.00. The highest BCUT2D eigenvalue weighted by Gasteiger charge is 2.44. The second kappa shape index (κ2) is 11.0. The first-order valence-electron chi connectivity index (χ1n) is 12.3. The van der Waals surface area contributed by atoms with E-state index < -0.39 is 0 Å². The van der Waals surface area contributed by atoms with Crippen molar-refractivity contribution in [2.24, 2.45) is 11.6 Å². The van der Waals surface area contributed by atoms with Crippen molar-refractivity contribution in [3.05, 3.63) is 57.1 Å². The number of likely N-dealkylation sites (tertiary alicyclic amines) is 1. The predicted molar refractivity (Wildman–Crippen MR) is 138 cm³/mol. The molecule has 0 radical (unpaired) electrons. The number of hydrogen-bond acceptors (Lipinski definition) is 9. The molecule has 2 atom stereocenters. The van der Waals surface area contributed by atoms with Gasteiger partial charge < -0.3 is 20.8 Å². The Kier molecular flexibility index (Phi) is 8.05. The van der Waals surface area contributed by atoms with Crippen LogP contribution in [-0.2, 0) is 23.2 Å². The minimum absolute atomic E-state index is 0.161. The van der Waals surface area contributed by atoms with Gasteiger partial charge in [-0.2, -0.15) is 0 Å². The molecule has 10 heteroatoms. The van der Waals surface area contributed by atoms with E-state index in [9.17, 15) is 4.79 Å². The number of carbonyl (C=O) groups excluding carboxylic acids is 1. The van der Waals surface area contributed by atoms with Crippen molar-refractivity contribution in [3.63, 3.8) is 0 Å². The first-order chi connectivity index (χ1) is 16.8. The molecular formula is C25H37N7O2S. The Hall–Kier alpha value is -2.53. The Balaban J connectivity index is 1.27. The lowest BCUT2D eigenvalue weighted by Crippen LogP contribution is -2.51. The third-order valence-electron chi connectivity index (χ3n) is 6.84. The molecule has 190 valence electrons. The standard InChI is InChI=1S/C25H37N7O2S/c1-4-20-11-21-23(35-20)5-10-34-25(21)6-8-31(18(3)12-25)15-19(26)16-32(27)9-7-28-24(33)22-14-29-17(2)13-30-22/h11,13-14,16,18H,4-10,12,15,26-27H2,1-3H3,(H,28,33)/b19-16-/t18-,25+/m0/s1. The van der Waals surface area contributed by atoms with E-state index in [1.807, 2.05) is 18.3 Å². The fourth-order valence-electron chi connectivity index (χ4n) is 4.96. The molecule has 0 aliphatic carbocycles. The van der Waals surface area contributed by atoms with Crippen LogP contribution in [0.2, 0.25) is 0 Å². The van der Waals surface area contributed by atoms with Gasteiger partial charge in [0, 0.05) is 59.9 Å². The molecule has 2 aliphatic heterocycles. The third-order valence-corrected chi connectivity index (χ3v) is 8.18. The number of hydrazine groups is 1. The summed E-state index contributed by atoms with van der Waals surface area (Å²) < 4.78 is 6.44. The molecule has 2 aromatic rings. The fourth-order valence-corrected chi connectivity index (χ4v) is 6.14. The maximum Gasteiger partial charge on any atom is 0.271 e. The molecule has 0 unspecified atom stereocenters. The number of nitrogens with zero attached hydrogens (tertiary/aromatic N) is 4. The van der Waals surface area contributed by atoms with Crippen molar-refractivity contribution in [1.29, 1.82) is 0 Å². The summed E-state index contributed by atoms with van der Waals surface area (Å²) in [5, 5.41) is 4.32. The van der Waals surface area contributed by atoms with E-state index in [-0.39, 0.29) is 17.2 Å². The average Bonchev–Trinajstić information content (AvgIpc) is 3.26. The molecule has 1 spiro atoms. The van der Waals surface area contributed by atoms with E-state index in [1.165, 1.54) is 26.5 Å². The van der Waals surface area contributed by atoms with Crippen LogP contribution in [0.3, 0.4) is 0 Å². The topological polar surface area (TPSA) is 123 Å². The number of hydrogen-bond donors (Lipinski definition) is 3. The number of thiophene rings is 1. The quantitative estimate of drug-likeness (QED) is 0.373. The van der Waals surface area contributed by atoms with E-state index in [2.05, 4.69) is 40.1 Å². The van der Waals surface area contributed by atoms with Gasteiger partial charge in [0.25, 0.3) is 5.91 Å². The molecule has 0 aromatic carbocycles. The Morgan fingerprint density at radius 2 is 2.26 bits per heavy atom. The summed E-state index contributed by atoms with van der Waals surface area (Å²) in [5.74, 6) is 5.83. The number of rotatable bonds is 8. The summed E-state index contributed by atoms with van der Waals surface area (Å²) in [4.78, 5) is 25.7. The molecule has 1 saturated heterocycles. The van der Waals surface area contributed by atoms with Gasteiger partial charge in [-0.3, -0.25) is 14.7 Å². The van der Waals surface area contributed by atoms with Gasteiger partial charge in [-0.25, -0.2) is 10.8 Å². The first kappa shape index (κ1) is 25.6. The summed E-state index contributed by atoms with van der Waals surface area (Å²) in [6.07, 6.45) is 8.82. The highest BCUT2D eigenvalue weighted by Crippen LogP contribution is 2.46. The Bertz CT molecular complexity index is 1050. The van der Waals surface area contributed by atoms with Crippen LogP contribution in [0.25, 0.3) is 0 Å². The zero-order valence-corrected chi connectivity index (χ0v) is 21.7. The lowest BCUT2D eigenvalue weighted by atomic mass is 9.79. The van der Waals surface area contributed by atoms with Crippen LogP contribution in [0.15, 0.2) is 30.4 Å². The molecule has 0 bridgehead atoms. The van der Waals surface area contributed by atoms with Gasteiger partial charge in [0.2, 0.25) is 0 Å². The van der Waals surface area contributed by atoms with Crippen LogP contribution in [0.4, 0.5) is 0 Å². The fraction of sp³-hybridized carbons (Fsp3) is 0.560.